The predicted molar refractivity (Wildman–Crippen MR) is 364 cm³/mol. The van der Waals surface area contributed by atoms with Crippen LogP contribution in [0.4, 0.5) is 51.2 Å². The highest BCUT2D eigenvalue weighted by molar-refractivity contribution is 7.00. The molecule has 0 saturated carbocycles. The third kappa shape index (κ3) is 8.07. The van der Waals surface area contributed by atoms with E-state index in [0.717, 1.165) is 35.6 Å². The molecule has 0 fully saturated rings. The Labute approximate surface area is 504 Å². The first-order chi connectivity index (χ1) is 40.9. The number of benzene rings is 10. The number of allylic oxidation sites excluding steroid dienone is 4. The van der Waals surface area contributed by atoms with Gasteiger partial charge in [0.25, 0.3) is 6.71 Å². The zero-order valence-corrected chi connectivity index (χ0v) is 51.5. The number of anilines is 9. The van der Waals surface area contributed by atoms with Crippen molar-refractivity contribution < 1.29 is 0 Å². The Bertz CT molecular complexity index is 4390. The van der Waals surface area contributed by atoms with Gasteiger partial charge in [0.1, 0.15) is 0 Å². The Morgan fingerprint density at radius 3 is 1.53 bits per heavy atom. The number of hydrogen-bond donors (Lipinski definition) is 0. The predicted octanol–water partition coefficient (Wildman–Crippen LogP) is 20.1. The lowest BCUT2D eigenvalue weighted by Crippen LogP contribution is -2.61. The fourth-order valence-corrected chi connectivity index (χ4v) is 16.0. The van der Waals surface area contributed by atoms with E-state index in [1.165, 1.54) is 139 Å². The summed E-state index contributed by atoms with van der Waals surface area (Å²) in [5.41, 5.74) is 38.1. The second kappa shape index (κ2) is 19.1. The first-order valence-corrected chi connectivity index (χ1v) is 30.8. The molecule has 2 aliphatic heterocycles. The SMILES string of the molecule is Cc1cc2c3c(c1)N(c1ccc4c(c1)C(C)(C)C1=C4C=CCC1)c1cc(C(C)(C)C)ccc1B3c1ccc(N(c3cc(C)c(-c4ccccc4)c(C)c3)c3cc(C)c(-c4ccccc4)c(C)c3)cc1N2c1ccc2c(c1)C(C)(C)c1ccccc1-2. The number of rotatable bonds is 7. The van der Waals surface area contributed by atoms with E-state index >= 15 is 0 Å². The first kappa shape index (κ1) is 52.9. The van der Waals surface area contributed by atoms with Gasteiger partial charge in [-0.3, -0.25) is 0 Å². The van der Waals surface area contributed by atoms with Crippen LogP contribution >= 0.6 is 0 Å². The molecule has 0 atom stereocenters. The third-order valence-corrected chi connectivity index (χ3v) is 20.0. The fraction of sp³-hybridized carbons (Fsp3) is 0.210. The van der Waals surface area contributed by atoms with Gasteiger partial charge in [0.15, 0.2) is 0 Å². The van der Waals surface area contributed by atoms with Crippen LogP contribution < -0.4 is 31.1 Å². The molecule has 15 rings (SSSR count). The van der Waals surface area contributed by atoms with Crippen molar-refractivity contribution in [3.8, 4) is 33.4 Å². The standard InChI is InChI=1S/C81H74BN3/c1-49-39-74-78-75(40-49)85(58-33-36-65-63-28-20-22-30-67(63)81(11,12)69(65)47-58)73-48-59(83(60-41-50(2)76(51(3)42-60)54-23-15-13-16-24-54)61-43-52(4)77(53(5)44-61)55-25-17-14-18-26-55)34-38-71(73)82(78)70-37-31-56(79(6,7)8)45-72(70)84(74)57-32-35-64-62-27-19-21-29-66(62)80(9,10)68(64)46-57/h13-20,22-28,30-48H,21,29H2,1-12H3. The Hall–Kier alpha value is -8.86. The molecule has 3 aliphatic carbocycles. The van der Waals surface area contributed by atoms with Gasteiger partial charge >= 0.3 is 0 Å². The van der Waals surface area contributed by atoms with Gasteiger partial charge < -0.3 is 14.7 Å². The van der Waals surface area contributed by atoms with Crippen LogP contribution in [0.15, 0.2) is 212 Å². The zero-order valence-electron chi connectivity index (χ0n) is 51.5. The molecule has 85 heavy (non-hydrogen) atoms. The molecule has 5 aliphatic rings. The summed E-state index contributed by atoms with van der Waals surface area (Å²) in [6, 6.07) is 75.0. The minimum Gasteiger partial charge on any atom is -0.311 e. The highest BCUT2D eigenvalue weighted by atomic mass is 15.2. The molecule has 4 heteroatoms. The van der Waals surface area contributed by atoms with Gasteiger partial charge in [-0.15, -0.1) is 0 Å². The maximum absolute atomic E-state index is 2.64. The van der Waals surface area contributed by atoms with Crippen LogP contribution in [0, 0.1) is 34.6 Å². The highest BCUT2D eigenvalue weighted by Crippen LogP contribution is 2.55. The van der Waals surface area contributed by atoms with Gasteiger partial charge in [-0.25, -0.2) is 0 Å². The molecule has 10 aromatic rings. The van der Waals surface area contributed by atoms with Gasteiger partial charge in [0, 0.05) is 62.0 Å². The van der Waals surface area contributed by atoms with Gasteiger partial charge in [0.2, 0.25) is 0 Å². The number of nitrogens with zero attached hydrogens (tertiary/aromatic N) is 3. The van der Waals surface area contributed by atoms with E-state index in [1.807, 2.05) is 0 Å². The summed E-state index contributed by atoms with van der Waals surface area (Å²) in [7, 11) is 0. The molecule has 0 saturated heterocycles. The van der Waals surface area contributed by atoms with Gasteiger partial charge in [-0.2, -0.15) is 0 Å². The van der Waals surface area contributed by atoms with E-state index in [0.29, 0.717) is 0 Å². The summed E-state index contributed by atoms with van der Waals surface area (Å²) >= 11 is 0. The maximum Gasteiger partial charge on any atom is 0.252 e. The number of hydrogen-bond acceptors (Lipinski definition) is 3. The molecule has 0 radical (unpaired) electrons. The molecule has 2 heterocycles. The number of aryl methyl sites for hydroxylation is 5. The van der Waals surface area contributed by atoms with Crippen molar-refractivity contribution in [2.75, 3.05) is 14.7 Å². The molecule has 416 valence electrons. The van der Waals surface area contributed by atoms with Crippen molar-refractivity contribution in [1.29, 1.82) is 0 Å². The Morgan fingerprint density at radius 1 is 0.447 bits per heavy atom. The van der Waals surface area contributed by atoms with Crippen molar-refractivity contribution in [1.82, 2.24) is 0 Å². The van der Waals surface area contributed by atoms with Crippen molar-refractivity contribution in [2.45, 2.75) is 112 Å². The van der Waals surface area contributed by atoms with Crippen LogP contribution in [0.3, 0.4) is 0 Å². The molecular formula is C81H74BN3. The second-order valence-electron chi connectivity index (χ2n) is 27.2. The lowest BCUT2D eigenvalue weighted by atomic mass is 9.33. The summed E-state index contributed by atoms with van der Waals surface area (Å²) < 4.78 is 0. The van der Waals surface area contributed by atoms with Gasteiger partial charge in [-0.1, -0.05) is 181 Å². The van der Waals surface area contributed by atoms with E-state index in [-0.39, 0.29) is 23.0 Å². The highest BCUT2D eigenvalue weighted by Gasteiger charge is 2.46. The molecule has 0 unspecified atom stereocenters. The summed E-state index contributed by atoms with van der Waals surface area (Å²) in [6.45, 7) is 28.2. The Morgan fingerprint density at radius 2 is 0.953 bits per heavy atom. The van der Waals surface area contributed by atoms with Crippen LogP contribution in [0.25, 0.3) is 39.0 Å². The lowest BCUT2D eigenvalue weighted by Gasteiger charge is -2.45. The first-order valence-electron chi connectivity index (χ1n) is 30.8. The number of fused-ring (bicyclic) bond motifs is 9. The minimum absolute atomic E-state index is 0.0518. The van der Waals surface area contributed by atoms with E-state index in [2.05, 4.69) is 304 Å². The smallest absolute Gasteiger partial charge is 0.252 e. The Balaban J connectivity index is 0.992. The van der Waals surface area contributed by atoms with Crippen LogP contribution in [0.2, 0.25) is 0 Å². The molecule has 10 aromatic carbocycles. The zero-order chi connectivity index (χ0) is 58.6. The minimum atomic E-state index is -0.192. The monoisotopic (exact) mass is 1100 g/mol. The van der Waals surface area contributed by atoms with E-state index in [9.17, 15) is 0 Å². The van der Waals surface area contributed by atoms with E-state index < -0.39 is 0 Å². The van der Waals surface area contributed by atoms with E-state index in [1.54, 1.807) is 5.57 Å². The van der Waals surface area contributed by atoms with Crippen LogP contribution in [0.5, 0.6) is 0 Å². The van der Waals surface area contributed by atoms with Gasteiger partial charge in [0.05, 0.1) is 0 Å². The van der Waals surface area contributed by atoms with Crippen molar-refractivity contribution in [3.63, 3.8) is 0 Å². The van der Waals surface area contributed by atoms with Crippen LogP contribution in [-0.2, 0) is 16.2 Å². The molecule has 0 N–H and O–H groups in total. The fourth-order valence-electron chi connectivity index (χ4n) is 16.0. The van der Waals surface area contributed by atoms with E-state index in [4.69, 9.17) is 0 Å². The van der Waals surface area contributed by atoms with Crippen molar-refractivity contribution in [2.24, 2.45) is 0 Å². The average Bonchev–Trinajstić information content (AvgIpc) is 1.35. The molecule has 3 nitrogen and oxygen atoms in total. The lowest BCUT2D eigenvalue weighted by molar-refractivity contribution is 0.590. The summed E-state index contributed by atoms with van der Waals surface area (Å²) in [5, 5.41) is 0. The van der Waals surface area contributed by atoms with Crippen molar-refractivity contribution in [3.05, 3.63) is 267 Å². The molecule has 0 aromatic heterocycles. The van der Waals surface area contributed by atoms with Crippen LogP contribution in [0.1, 0.15) is 117 Å². The topological polar surface area (TPSA) is 9.72 Å². The summed E-state index contributed by atoms with van der Waals surface area (Å²) in [5.74, 6) is 0. The second-order valence-corrected chi connectivity index (χ2v) is 27.2. The van der Waals surface area contributed by atoms with Crippen molar-refractivity contribution >= 4 is 79.9 Å². The largest absolute Gasteiger partial charge is 0.311 e. The molecular weight excluding hydrogens is 1030 g/mol. The molecule has 0 spiro atoms. The summed E-state index contributed by atoms with van der Waals surface area (Å²) in [4.78, 5) is 7.82. The third-order valence-electron chi connectivity index (χ3n) is 20.0. The quantitative estimate of drug-likeness (QED) is 0.147. The van der Waals surface area contributed by atoms with Gasteiger partial charge in [-0.05, 0) is 243 Å². The van der Waals surface area contributed by atoms with Crippen LogP contribution in [-0.4, -0.2) is 6.71 Å². The average molecular weight is 1100 g/mol. The molecule has 0 amide bonds. The normalized spacial score (nSPS) is 15.5. The maximum atomic E-state index is 2.64. The Kier molecular flexibility index (Phi) is 11.9. The summed E-state index contributed by atoms with van der Waals surface area (Å²) in [6.07, 6.45) is 6.97. The molecule has 0 bridgehead atoms.